The van der Waals surface area contributed by atoms with Crippen molar-refractivity contribution in [3.8, 4) is 0 Å². The van der Waals surface area contributed by atoms with Crippen molar-refractivity contribution < 1.29 is 18.1 Å². The van der Waals surface area contributed by atoms with E-state index in [0.717, 1.165) is 16.3 Å². The SMILES string of the molecule is CCc1ccc([C@@H](C)NC(=O)CN(c2ccc([N+](=O)[O-])cc2)S(=O)(=O)c2ccccc2)cc1. The van der Waals surface area contributed by atoms with Crippen molar-refractivity contribution in [2.45, 2.75) is 31.2 Å². The number of hydrogen-bond acceptors (Lipinski definition) is 5. The maximum absolute atomic E-state index is 13.3. The zero-order valence-electron chi connectivity index (χ0n) is 18.3. The first-order chi connectivity index (χ1) is 15.7. The average molecular weight is 468 g/mol. The van der Waals surface area contributed by atoms with E-state index in [0.29, 0.717) is 0 Å². The van der Waals surface area contributed by atoms with Gasteiger partial charge < -0.3 is 5.32 Å². The van der Waals surface area contributed by atoms with Crippen molar-refractivity contribution in [3.63, 3.8) is 0 Å². The van der Waals surface area contributed by atoms with Gasteiger partial charge in [0.2, 0.25) is 5.91 Å². The Labute approximate surface area is 193 Å². The van der Waals surface area contributed by atoms with Crippen LogP contribution in [0, 0.1) is 10.1 Å². The van der Waals surface area contributed by atoms with Gasteiger partial charge >= 0.3 is 0 Å². The van der Waals surface area contributed by atoms with E-state index in [9.17, 15) is 23.3 Å². The second-order valence-electron chi connectivity index (χ2n) is 7.48. The number of carbonyl (C=O) groups excluding carboxylic acids is 1. The molecule has 172 valence electrons. The van der Waals surface area contributed by atoms with Gasteiger partial charge in [-0.1, -0.05) is 49.4 Å². The van der Waals surface area contributed by atoms with Crippen LogP contribution in [-0.4, -0.2) is 25.8 Å². The van der Waals surface area contributed by atoms with Crippen LogP contribution in [-0.2, 0) is 21.2 Å². The molecule has 3 aromatic carbocycles. The number of benzene rings is 3. The molecule has 0 aliphatic rings. The first-order valence-electron chi connectivity index (χ1n) is 10.4. The van der Waals surface area contributed by atoms with Crippen molar-refractivity contribution >= 4 is 27.3 Å². The molecule has 0 bridgehead atoms. The van der Waals surface area contributed by atoms with Crippen LogP contribution in [0.25, 0.3) is 0 Å². The summed E-state index contributed by atoms with van der Waals surface area (Å²) >= 11 is 0. The molecule has 0 fully saturated rings. The van der Waals surface area contributed by atoms with Crippen LogP contribution in [0.1, 0.15) is 31.0 Å². The highest BCUT2D eigenvalue weighted by molar-refractivity contribution is 7.92. The summed E-state index contributed by atoms with van der Waals surface area (Å²) in [5, 5.41) is 13.8. The summed E-state index contributed by atoms with van der Waals surface area (Å²) in [6.45, 7) is 3.40. The Morgan fingerprint density at radius 3 is 2.15 bits per heavy atom. The molecule has 0 aliphatic heterocycles. The van der Waals surface area contributed by atoms with Gasteiger partial charge in [0.15, 0.2) is 0 Å². The third kappa shape index (κ3) is 5.75. The highest BCUT2D eigenvalue weighted by Crippen LogP contribution is 2.26. The molecule has 3 aromatic rings. The third-order valence-electron chi connectivity index (χ3n) is 5.23. The molecule has 3 rings (SSSR count). The molecule has 1 N–H and O–H groups in total. The Hall–Kier alpha value is -3.72. The standard InChI is InChI=1S/C24H25N3O5S/c1-3-19-9-11-20(12-10-19)18(2)25-24(28)17-26(21-13-15-22(16-14-21)27(29)30)33(31,32)23-7-5-4-6-8-23/h4-16,18H,3,17H2,1-2H3,(H,25,28)/t18-/m1/s1. The molecule has 0 aliphatic carbocycles. The van der Waals surface area contributed by atoms with Gasteiger partial charge in [-0.25, -0.2) is 8.42 Å². The van der Waals surface area contributed by atoms with Gasteiger partial charge in [-0.2, -0.15) is 0 Å². The minimum Gasteiger partial charge on any atom is -0.348 e. The van der Waals surface area contributed by atoms with Crippen molar-refractivity contribution in [1.82, 2.24) is 5.32 Å². The maximum Gasteiger partial charge on any atom is 0.269 e. The maximum atomic E-state index is 13.3. The van der Waals surface area contributed by atoms with Crippen LogP contribution in [0.2, 0.25) is 0 Å². The smallest absolute Gasteiger partial charge is 0.269 e. The molecule has 0 aromatic heterocycles. The average Bonchev–Trinajstić information content (AvgIpc) is 2.83. The largest absolute Gasteiger partial charge is 0.348 e. The normalized spacial score (nSPS) is 12.1. The van der Waals surface area contributed by atoms with E-state index in [1.807, 2.05) is 31.2 Å². The van der Waals surface area contributed by atoms with Crippen LogP contribution < -0.4 is 9.62 Å². The predicted molar refractivity (Wildman–Crippen MR) is 126 cm³/mol. The first kappa shape index (κ1) is 23.9. The number of nitrogens with one attached hydrogen (secondary N) is 1. The molecule has 0 saturated carbocycles. The minimum atomic E-state index is -4.09. The molecule has 1 amide bonds. The van der Waals surface area contributed by atoms with E-state index in [1.54, 1.807) is 18.2 Å². The summed E-state index contributed by atoms with van der Waals surface area (Å²) in [6, 6.07) is 20.3. The summed E-state index contributed by atoms with van der Waals surface area (Å²) in [4.78, 5) is 23.3. The van der Waals surface area contributed by atoms with Crippen LogP contribution in [0.4, 0.5) is 11.4 Å². The lowest BCUT2D eigenvalue weighted by Crippen LogP contribution is -2.41. The number of hydrogen-bond donors (Lipinski definition) is 1. The molecule has 9 heteroatoms. The summed E-state index contributed by atoms with van der Waals surface area (Å²) in [5.74, 6) is -0.500. The summed E-state index contributed by atoms with van der Waals surface area (Å²) < 4.78 is 27.6. The Kier molecular flexibility index (Phi) is 7.44. The van der Waals surface area contributed by atoms with Crippen molar-refractivity contribution in [2.24, 2.45) is 0 Å². The van der Waals surface area contributed by atoms with Crippen LogP contribution in [0.3, 0.4) is 0 Å². The van der Waals surface area contributed by atoms with E-state index in [4.69, 9.17) is 0 Å². The predicted octanol–water partition coefficient (Wildman–Crippen LogP) is 4.23. The monoisotopic (exact) mass is 467 g/mol. The highest BCUT2D eigenvalue weighted by atomic mass is 32.2. The van der Waals surface area contributed by atoms with Crippen LogP contribution in [0.5, 0.6) is 0 Å². The summed E-state index contributed by atoms with van der Waals surface area (Å²) in [7, 11) is -4.09. The zero-order valence-corrected chi connectivity index (χ0v) is 19.2. The van der Waals surface area contributed by atoms with Crippen molar-refractivity contribution in [1.29, 1.82) is 0 Å². The number of amides is 1. The number of rotatable bonds is 9. The number of aryl methyl sites for hydroxylation is 1. The molecule has 0 heterocycles. The van der Waals surface area contributed by atoms with Gasteiger partial charge in [0.1, 0.15) is 6.54 Å². The van der Waals surface area contributed by atoms with Crippen LogP contribution in [0.15, 0.2) is 83.8 Å². The number of carbonyl (C=O) groups is 1. The number of nitro benzene ring substituents is 1. The lowest BCUT2D eigenvalue weighted by Gasteiger charge is -2.25. The Bertz CT molecular complexity index is 1210. The Morgan fingerprint density at radius 1 is 1.00 bits per heavy atom. The number of nitrogens with zero attached hydrogens (tertiary/aromatic N) is 2. The van der Waals surface area contributed by atoms with Gasteiger partial charge in [0.25, 0.3) is 15.7 Å². The molecule has 0 spiro atoms. The number of non-ortho nitro benzene ring substituents is 1. The fourth-order valence-corrected chi connectivity index (χ4v) is 4.76. The quantitative estimate of drug-likeness (QED) is 0.374. The number of sulfonamides is 1. The van der Waals surface area contributed by atoms with Gasteiger partial charge in [-0.05, 0) is 48.7 Å². The molecule has 1 atom stereocenters. The summed E-state index contributed by atoms with van der Waals surface area (Å²) in [6.07, 6.45) is 0.905. The molecule has 8 nitrogen and oxygen atoms in total. The molecule has 33 heavy (non-hydrogen) atoms. The Balaban J connectivity index is 1.87. The molecular formula is C24H25N3O5S. The lowest BCUT2D eigenvalue weighted by atomic mass is 10.1. The van der Waals surface area contributed by atoms with Crippen molar-refractivity contribution in [2.75, 3.05) is 10.8 Å². The number of nitro groups is 1. The second-order valence-corrected chi connectivity index (χ2v) is 9.34. The van der Waals surface area contributed by atoms with E-state index in [2.05, 4.69) is 12.2 Å². The minimum absolute atomic E-state index is 0.0133. The number of anilines is 1. The van der Waals surface area contributed by atoms with Gasteiger partial charge in [-0.15, -0.1) is 0 Å². The third-order valence-corrected chi connectivity index (χ3v) is 7.02. The van der Waals surface area contributed by atoms with E-state index >= 15 is 0 Å². The Morgan fingerprint density at radius 2 is 1.61 bits per heavy atom. The van der Waals surface area contributed by atoms with E-state index < -0.39 is 27.4 Å². The summed E-state index contributed by atoms with van der Waals surface area (Å²) in [5.41, 5.74) is 2.05. The fraction of sp³-hybridized carbons (Fsp3) is 0.208. The molecular weight excluding hydrogens is 442 g/mol. The zero-order chi connectivity index (χ0) is 24.0. The topological polar surface area (TPSA) is 110 Å². The van der Waals surface area contributed by atoms with Gasteiger partial charge in [0.05, 0.1) is 21.5 Å². The van der Waals surface area contributed by atoms with Crippen molar-refractivity contribution in [3.05, 3.63) is 100 Å². The second kappa shape index (κ2) is 10.3. The molecule has 0 unspecified atom stereocenters. The highest BCUT2D eigenvalue weighted by Gasteiger charge is 2.28. The fourth-order valence-electron chi connectivity index (χ4n) is 3.32. The van der Waals surface area contributed by atoms with Crippen LogP contribution >= 0.6 is 0 Å². The molecule has 0 radical (unpaired) electrons. The van der Waals surface area contributed by atoms with E-state index in [1.165, 1.54) is 42.0 Å². The van der Waals surface area contributed by atoms with Gasteiger partial charge in [-0.3, -0.25) is 19.2 Å². The van der Waals surface area contributed by atoms with Gasteiger partial charge in [0, 0.05) is 12.1 Å². The van der Waals surface area contributed by atoms with E-state index in [-0.39, 0.29) is 22.3 Å². The first-order valence-corrected chi connectivity index (χ1v) is 11.9. The lowest BCUT2D eigenvalue weighted by molar-refractivity contribution is -0.384. The molecule has 0 saturated heterocycles.